The van der Waals surface area contributed by atoms with Crippen molar-refractivity contribution in [3.05, 3.63) is 41.2 Å². The molecular weight excluding hydrogens is 196 g/mol. The molecular formula is C15H20O. The molecule has 1 unspecified atom stereocenters. The Labute approximate surface area is 98.1 Å². The molecule has 0 saturated carbocycles. The molecule has 86 valence electrons. The van der Waals surface area contributed by atoms with Crippen molar-refractivity contribution in [3.8, 4) is 0 Å². The van der Waals surface area contributed by atoms with E-state index in [1.165, 1.54) is 11.1 Å². The van der Waals surface area contributed by atoms with E-state index in [1.807, 2.05) is 0 Å². The van der Waals surface area contributed by atoms with Crippen molar-refractivity contribution in [1.82, 2.24) is 0 Å². The molecule has 1 heteroatoms. The maximum absolute atomic E-state index is 6.07. The summed E-state index contributed by atoms with van der Waals surface area (Å²) in [5, 5.41) is 0. The standard InChI is InChI=1S/C15H20O/c1-4-13(5-2)16-15-10-12-8-6-7-9-14(12)11(15)3/h6-11,13H,4-5H2,1-3H3. The largest absolute Gasteiger partial charge is 0.494 e. The molecule has 0 heterocycles. The lowest BCUT2D eigenvalue weighted by Crippen LogP contribution is -2.11. The number of rotatable bonds is 4. The fraction of sp³-hybridized carbons (Fsp3) is 0.467. The highest BCUT2D eigenvalue weighted by Crippen LogP contribution is 2.37. The first kappa shape index (κ1) is 11.3. The second kappa shape index (κ2) is 4.73. The van der Waals surface area contributed by atoms with Crippen LogP contribution in [0, 0.1) is 0 Å². The van der Waals surface area contributed by atoms with Gasteiger partial charge in [-0.3, -0.25) is 0 Å². The van der Waals surface area contributed by atoms with Crippen LogP contribution in [0.5, 0.6) is 0 Å². The Kier molecular flexibility index (Phi) is 3.33. The van der Waals surface area contributed by atoms with E-state index >= 15 is 0 Å². The summed E-state index contributed by atoms with van der Waals surface area (Å²) in [6.45, 7) is 6.59. The topological polar surface area (TPSA) is 9.23 Å². The van der Waals surface area contributed by atoms with Gasteiger partial charge >= 0.3 is 0 Å². The molecule has 1 nitrogen and oxygen atoms in total. The van der Waals surface area contributed by atoms with E-state index in [1.54, 1.807) is 0 Å². The highest BCUT2D eigenvalue weighted by Gasteiger charge is 2.23. The molecule has 1 aliphatic carbocycles. The highest BCUT2D eigenvalue weighted by atomic mass is 16.5. The zero-order valence-corrected chi connectivity index (χ0v) is 10.4. The third-order valence-electron chi connectivity index (χ3n) is 3.40. The van der Waals surface area contributed by atoms with Crippen LogP contribution in [0.1, 0.15) is 50.7 Å². The first-order valence-corrected chi connectivity index (χ1v) is 6.23. The molecule has 0 aromatic heterocycles. The fourth-order valence-corrected chi connectivity index (χ4v) is 2.25. The Morgan fingerprint density at radius 2 is 1.88 bits per heavy atom. The fourth-order valence-electron chi connectivity index (χ4n) is 2.25. The summed E-state index contributed by atoms with van der Waals surface area (Å²) in [5.74, 6) is 1.55. The van der Waals surface area contributed by atoms with E-state index in [0.29, 0.717) is 12.0 Å². The van der Waals surface area contributed by atoms with Crippen LogP contribution in [-0.2, 0) is 4.74 Å². The smallest absolute Gasteiger partial charge is 0.104 e. The summed E-state index contributed by atoms with van der Waals surface area (Å²) in [6, 6.07) is 8.54. The third-order valence-corrected chi connectivity index (χ3v) is 3.40. The van der Waals surface area contributed by atoms with Crippen LogP contribution in [-0.4, -0.2) is 6.10 Å². The molecule has 16 heavy (non-hydrogen) atoms. The Morgan fingerprint density at radius 3 is 2.50 bits per heavy atom. The van der Waals surface area contributed by atoms with E-state index < -0.39 is 0 Å². The summed E-state index contributed by atoms with van der Waals surface area (Å²) in [7, 11) is 0. The molecule has 0 amide bonds. The second-order valence-electron chi connectivity index (χ2n) is 4.45. The molecule has 1 atom stereocenters. The maximum Gasteiger partial charge on any atom is 0.104 e. The normalized spacial score (nSPS) is 18.5. The van der Waals surface area contributed by atoms with E-state index in [4.69, 9.17) is 4.74 Å². The Hall–Kier alpha value is -1.24. The average Bonchev–Trinajstić information content (AvgIpc) is 2.64. The lowest BCUT2D eigenvalue weighted by Gasteiger charge is -2.19. The van der Waals surface area contributed by atoms with Gasteiger partial charge in [-0.1, -0.05) is 45.0 Å². The van der Waals surface area contributed by atoms with Gasteiger partial charge in [0.2, 0.25) is 0 Å². The molecule has 1 aromatic carbocycles. The summed E-state index contributed by atoms with van der Waals surface area (Å²) in [6.07, 6.45) is 4.72. The minimum atomic E-state index is 0.364. The SMILES string of the molecule is CCC(CC)OC1=Cc2ccccc2C1C. The van der Waals surface area contributed by atoms with E-state index in [0.717, 1.165) is 18.6 Å². The zero-order chi connectivity index (χ0) is 11.5. The van der Waals surface area contributed by atoms with E-state index in [-0.39, 0.29) is 0 Å². The Morgan fingerprint density at radius 1 is 1.19 bits per heavy atom. The number of benzene rings is 1. The first-order valence-electron chi connectivity index (χ1n) is 6.23. The summed E-state index contributed by atoms with van der Waals surface area (Å²) >= 11 is 0. The van der Waals surface area contributed by atoms with Gasteiger partial charge in [-0.2, -0.15) is 0 Å². The Balaban J connectivity index is 2.16. The van der Waals surface area contributed by atoms with Crippen LogP contribution in [0.4, 0.5) is 0 Å². The Bertz CT molecular complexity index is 388. The molecule has 0 N–H and O–H groups in total. The van der Waals surface area contributed by atoms with Crippen LogP contribution in [0.25, 0.3) is 6.08 Å². The van der Waals surface area contributed by atoms with Gasteiger partial charge in [-0.15, -0.1) is 0 Å². The molecule has 0 radical (unpaired) electrons. The lowest BCUT2D eigenvalue weighted by molar-refractivity contribution is 0.102. The van der Waals surface area contributed by atoms with E-state index in [9.17, 15) is 0 Å². The summed E-state index contributed by atoms with van der Waals surface area (Å²) < 4.78 is 6.07. The van der Waals surface area contributed by atoms with Crippen LogP contribution in [0.2, 0.25) is 0 Å². The van der Waals surface area contributed by atoms with Crippen molar-refractivity contribution < 1.29 is 4.74 Å². The number of hydrogen-bond acceptors (Lipinski definition) is 1. The van der Waals surface area contributed by atoms with Crippen LogP contribution < -0.4 is 0 Å². The van der Waals surface area contributed by atoms with Crippen molar-refractivity contribution in [3.63, 3.8) is 0 Å². The quantitative estimate of drug-likeness (QED) is 0.727. The predicted molar refractivity (Wildman–Crippen MR) is 68.3 cm³/mol. The van der Waals surface area contributed by atoms with Crippen LogP contribution in [0.3, 0.4) is 0 Å². The van der Waals surface area contributed by atoms with Gasteiger partial charge < -0.3 is 4.74 Å². The van der Waals surface area contributed by atoms with Crippen molar-refractivity contribution >= 4 is 6.08 Å². The van der Waals surface area contributed by atoms with Crippen molar-refractivity contribution in [2.45, 2.75) is 45.6 Å². The molecule has 1 aromatic rings. The van der Waals surface area contributed by atoms with Crippen molar-refractivity contribution in [2.75, 3.05) is 0 Å². The van der Waals surface area contributed by atoms with Crippen LogP contribution in [0.15, 0.2) is 30.0 Å². The van der Waals surface area contributed by atoms with Crippen molar-refractivity contribution in [2.24, 2.45) is 0 Å². The summed E-state index contributed by atoms with van der Waals surface area (Å²) in [5.41, 5.74) is 2.71. The predicted octanol–water partition coefficient (Wildman–Crippen LogP) is 4.35. The highest BCUT2D eigenvalue weighted by molar-refractivity contribution is 5.64. The number of fused-ring (bicyclic) bond motifs is 1. The molecule has 0 bridgehead atoms. The lowest BCUT2D eigenvalue weighted by atomic mass is 10.0. The molecule has 0 saturated heterocycles. The van der Waals surface area contributed by atoms with Crippen LogP contribution >= 0.6 is 0 Å². The molecule has 0 aliphatic heterocycles. The minimum absolute atomic E-state index is 0.364. The van der Waals surface area contributed by atoms with Gasteiger partial charge in [-0.25, -0.2) is 0 Å². The molecule has 1 aliphatic rings. The van der Waals surface area contributed by atoms with Gasteiger partial charge in [-0.05, 0) is 30.0 Å². The maximum atomic E-state index is 6.07. The number of ether oxygens (including phenoxy) is 1. The number of hydrogen-bond donors (Lipinski definition) is 0. The summed E-state index contributed by atoms with van der Waals surface area (Å²) in [4.78, 5) is 0. The number of allylic oxidation sites excluding steroid dienone is 1. The van der Waals surface area contributed by atoms with Gasteiger partial charge in [0.25, 0.3) is 0 Å². The van der Waals surface area contributed by atoms with Gasteiger partial charge in [0.05, 0.1) is 6.10 Å². The first-order chi connectivity index (χ1) is 7.76. The third kappa shape index (κ3) is 1.99. The van der Waals surface area contributed by atoms with Gasteiger partial charge in [0, 0.05) is 5.92 Å². The molecule has 0 spiro atoms. The minimum Gasteiger partial charge on any atom is -0.494 e. The molecule has 0 fully saturated rings. The van der Waals surface area contributed by atoms with Gasteiger partial charge in [0.15, 0.2) is 0 Å². The second-order valence-corrected chi connectivity index (χ2v) is 4.45. The zero-order valence-electron chi connectivity index (χ0n) is 10.4. The van der Waals surface area contributed by atoms with E-state index in [2.05, 4.69) is 51.1 Å². The average molecular weight is 216 g/mol. The monoisotopic (exact) mass is 216 g/mol. The van der Waals surface area contributed by atoms with Crippen molar-refractivity contribution in [1.29, 1.82) is 0 Å². The molecule has 2 rings (SSSR count). The van der Waals surface area contributed by atoms with Gasteiger partial charge in [0.1, 0.15) is 5.76 Å².